The summed E-state index contributed by atoms with van der Waals surface area (Å²) in [7, 11) is 0. The van der Waals surface area contributed by atoms with Gasteiger partial charge in [-0.15, -0.1) is 0 Å². The lowest BCUT2D eigenvalue weighted by atomic mass is 10.2. The first kappa shape index (κ1) is 15.4. The van der Waals surface area contributed by atoms with Crippen LogP contribution in [0.3, 0.4) is 0 Å². The number of aliphatic hydroxyl groups excluding tert-OH is 2. The molecule has 0 spiro atoms. The van der Waals surface area contributed by atoms with Gasteiger partial charge < -0.3 is 20.3 Å². The first-order valence-electron chi connectivity index (χ1n) is 5.98. The van der Waals surface area contributed by atoms with E-state index in [2.05, 4.69) is 26.5 Å². The Labute approximate surface area is 125 Å². The molecule has 3 N–H and O–H groups in total. The quantitative estimate of drug-likeness (QED) is 0.420. The summed E-state index contributed by atoms with van der Waals surface area (Å²) in [4.78, 5) is 7.79. The summed E-state index contributed by atoms with van der Waals surface area (Å²) >= 11 is 7.12. The van der Waals surface area contributed by atoms with Crippen molar-refractivity contribution < 1.29 is 14.9 Å². The van der Waals surface area contributed by atoms with Crippen LogP contribution in [-0.4, -0.2) is 57.4 Å². The van der Waals surface area contributed by atoms with Gasteiger partial charge in [0.15, 0.2) is 0 Å². The minimum Gasteiger partial charge on any atom is -0.388 e. The average molecular weight is 316 g/mol. The molecular formula is C12H14ClN3O3S. The van der Waals surface area contributed by atoms with E-state index in [1.807, 2.05) is 0 Å². The Balaban J connectivity index is 1.65. The van der Waals surface area contributed by atoms with Crippen LogP contribution >= 0.6 is 23.4 Å². The van der Waals surface area contributed by atoms with Gasteiger partial charge in [0.05, 0.1) is 6.61 Å². The third-order valence-electron chi connectivity index (χ3n) is 2.57. The molecule has 0 radical (unpaired) electrons. The van der Waals surface area contributed by atoms with Crippen LogP contribution in [0.4, 0.5) is 5.82 Å². The maximum absolute atomic E-state index is 9.51. The van der Waals surface area contributed by atoms with Crippen LogP contribution in [0, 0.1) is 11.2 Å². The Morgan fingerprint density at radius 3 is 3.05 bits per heavy atom. The number of rotatable bonds is 4. The standard InChI is InChI=1S/C12H14ClN3O3S/c13-10-5-11(16-7-15-10)14-2-4-20-3-1-9-12(18)8(17)6-19-9/h5,7-9,12,17-18H,2,4,6H2,(H,14,15,16)/t8-,9+,12-/m1/s1. The fourth-order valence-electron chi connectivity index (χ4n) is 1.54. The summed E-state index contributed by atoms with van der Waals surface area (Å²) in [5.74, 6) is 4.18. The normalized spacial score (nSPS) is 25.1. The Kier molecular flexibility index (Phi) is 5.88. The molecule has 1 aromatic rings. The third kappa shape index (κ3) is 4.51. The summed E-state index contributed by atoms with van der Waals surface area (Å²) in [6, 6.07) is 1.64. The van der Waals surface area contributed by atoms with Gasteiger partial charge in [0.25, 0.3) is 0 Å². The molecule has 0 unspecified atom stereocenters. The number of aliphatic hydroxyl groups is 2. The van der Waals surface area contributed by atoms with Crippen LogP contribution in [0.2, 0.25) is 5.15 Å². The second-order valence-corrected chi connectivity index (χ2v) is 5.35. The molecule has 0 amide bonds. The summed E-state index contributed by atoms with van der Waals surface area (Å²) in [5.41, 5.74) is 0. The zero-order valence-corrected chi connectivity index (χ0v) is 12.1. The van der Waals surface area contributed by atoms with Crippen molar-refractivity contribution in [1.29, 1.82) is 0 Å². The highest BCUT2D eigenvalue weighted by atomic mass is 35.5. The number of thioether (sulfide) groups is 1. The van der Waals surface area contributed by atoms with Crippen LogP contribution in [-0.2, 0) is 4.74 Å². The SMILES string of the molecule is O[C@@H]1[C@H](O)CO[C@H]1C#CSCCNc1cc(Cl)ncn1. The van der Waals surface area contributed by atoms with Gasteiger partial charge in [-0.3, -0.25) is 0 Å². The van der Waals surface area contributed by atoms with Gasteiger partial charge >= 0.3 is 0 Å². The largest absolute Gasteiger partial charge is 0.388 e. The van der Waals surface area contributed by atoms with E-state index in [0.717, 1.165) is 5.75 Å². The highest BCUT2D eigenvalue weighted by molar-refractivity contribution is 8.03. The van der Waals surface area contributed by atoms with E-state index in [1.165, 1.54) is 18.1 Å². The van der Waals surface area contributed by atoms with E-state index < -0.39 is 18.3 Å². The van der Waals surface area contributed by atoms with Gasteiger partial charge in [0.1, 0.15) is 35.6 Å². The predicted octanol–water partition coefficient (Wildman–Crippen LogP) is 0.357. The summed E-state index contributed by atoms with van der Waals surface area (Å²) < 4.78 is 5.13. The van der Waals surface area contributed by atoms with Gasteiger partial charge in [-0.25, -0.2) is 9.97 Å². The van der Waals surface area contributed by atoms with Crippen molar-refractivity contribution in [2.45, 2.75) is 18.3 Å². The predicted molar refractivity (Wildman–Crippen MR) is 77.5 cm³/mol. The highest BCUT2D eigenvalue weighted by Crippen LogP contribution is 2.13. The molecule has 2 rings (SSSR count). The van der Waals surface area contributed by atoms with E-state index >= 15 is 0 Å². The van der Waals surface area contributed by atoms with Crippen molar-refractivity contribution in [2.75, 3.05) is 24.2 Å². The van der Waals surface area contributed by atoms with Crippen molar-refractivity contribution in [3.63, 3.8) is 0 Å². The number of aromatic nitrogens is 2. The molecule has 0 aromatic carbocycles. The van der Waals surface area contributed by atoms with Crippen molar-refractivity contribution in [3.05, 3.63) is 17.5 Å². The number of anilines is 1. The van der Waals surface area contributed by atoms with Gasteiger partial charge in [-0.1, -0.05) is 29.3 Å². The molecule has 2 heterocycles. The van der Waals surface area contributed by atoms with Crippen molar-refractivity contribution in [1.82, 2.24) is 9.97 Å². The van der Waals surface area contributed by atoms with Crippen LogP contribution in [0.5, 0.6) is 0 Å². The summed E-state index contributed by atoms with van der Waals surface area (Å²) in [5, 5.41) is 25.1. The van der Waals surface area contributed by atoms with E-state index in [1.54, 1.807) is 6.07 Å². The van der Waals surface area contributed by atoms with Crippen molar-refractivity contribution >= 4 is 29.2 Å². The van der Waals surface area contributed by atoms with E-state index in [4.69, 9.17) is 16.3 Å². The lowest BCUT2D eigenvalue weighted by Crippen LogP contribution is -2.28. The molecule has 3 atom stereocenters. The number of hydrogen-bond acceptors (Lipinski definition) is 7. The Bertz CT molecular complexity index is 508. The minimum atomic E-state index is -0.926. The minimum absolute atomic E-state index is 0.126. The zero-order valence-electron chi connectivity index (χ0n) is 10.5. The van der Waals surface area contributed by atoms with Gasteiger partial charge in [0.2, 0.25) is 0 Å². The average Bonchev–Trinajstić information content (AvgIpc) is 2.74. The number of hydrogen-bond donors (Lipinski definition) is 3. The molecule has 0 saturated carbocycles. The first-order valence-corrected chi connectivity index (χ1v) is 7.34. The van der Waals surface area contributed by atoms with Crippen LogP contribution in [0.15, 0.2) is 12.4 Å². The molecule has 1 aliphatic rings. The monoisotopic (exact) mass is 315 g/mol. The molecule has 6 nitrogen and oxygen atoms in total. The molecule has 0 aliphatic carbocycles. The fraction of sp³-hybridized carbons (Fsp3) is 0.500. The molecule has 1 aromatic heterocycles. The first-order chi connectivity index (χ1) is 9.66. The van der Waals surface area contributed by atoms with Crippen LogP contribution < -0.4 is 5.32 Å². The fourth-order valence-corrected chi connectivity index (χ4v) is 2.19. The molecule has 8 heteroatoms. The van der Waals surface area contributed by atoms with Gasteiger partial charge in [-0.2, -0.15) is 0 Å². The smallest absolute Gasteiger partial charge is 0.147 e. The Morgan fingerprint density at radius 1 is 1.50 bits per heavy atom. The maximum atomic E-state index is 9.51. The zero-order chi connectivity index (χ0) is 14.4. The second kappa shape index (κ2) is 7.67. The van der Waals surface area contributed by atoms with E-state index in [0.29, 0.717) is 17.5 Å². The molecule has 20 heavy (non-hydrogen) atoms. The Morgan fingerprint density at radius 2 is 2.35 bits per heavy atom. The topological polar surface area (TPSA) is 87.5 Å². The van der Waals surface area contributed by atoms with Crippen LogP contribution in [0.25, 0.3) is 0 Å². The summed E-state index contributed by atoms with van der Waals surface area (Å²) in [6.45, 7) is 0.796. The molecule has 108 valence electrons. The van der Waals surface area contributed by atoms with Crippen molar-refractivity contribution in [2.24, 2.45) is 0 Å². The molecule has 1 fully saturated rings. The Hall–Kier alpha value is -1.04. The number of nitrogens with one attached hydrogen (secondary N) is 1. The third-order valence-corrected chi connectivity index (χ3v) is 3.45. The lowest BCUT2D eigenvalue weighted by molar-refractivity contribution is 0.0447. The van der Waals surface area contributed by atoms with Crippen LogP contribution in [0.1, 0.15) is 0 Å². The number of nitrogens with zero attached hydrogens (tertiary/aromatic N) is 2. The van der Waals surface area contributed by atoms with E-state index in [-0.39, 0.29) is 6.61 Å². The summed E-state index contributed by atoms with van der Waals surface area (Å²) in [6.07, 6.45) is -0.985. The molecule has 1 aliphatic heterocycles. The maximum Gasteiger partial charge on any atom is 0.147 e. The highest BCUT2D eigenvalue weighted by Gasteiger charge is 2.33. The van der Waals surface area contributed by atoms with Gasteiger partial charge in [0, 0.05) is 18.4 Å². The number of halogens is 1. The molecule has 1 saturated heterocycles. The lowest BCUT2D eigenvalue weighted by Gasteiger charge is -2.07. The second-order valence-electron chi connectivity index (χ2n) is 4.06. The van der Waals surface area contributed by atoms with Gasteiger partial charge in [-0.05, 0) is 5.25 Å². The van der Waals surface area contributed by atoms with Crippen molar-refractivity contribution in [3.8, 4) is 11.2 Å². The number of ether oxygens (including phenoxy) is 1. The van der Waals surface area contributed by atoms with E-state index in [9.17, 15) is 10.2 Å². The molecular weight excluding hydrogens is 302 g/mol. The molecule has 0 bridgehead atoms.